The minimum absolute atomic E-state index is 0.0589. The molecule has 0 saturated heterocycles. The van der Waals surface area contributed by atoms with E-state index in [9.17, 15) is 0 Å². The zero-order valence-corrected chi connectivity index (χ0v) is 34.1. The van der Waals surface area contributed by atoms with Gasteiger partial charge in [0, 0.05) is 22.5 Å². The largest absolute Gasteiger partial charge is 0.300 e. The van der Waals surface area contributed by atoms with Gasteiger partial charge >= 0.3 is 0 Å². The average molecular weight is 799 g/mol. The van der Waals surface area contributed by atoms with Crippen molar-refractivity contribution in [2.24, 2.45) is 0 Å². The second-order valence-electron chi connectivity index (χ2n) is 17.6. The van der Waals surface area contributed by atoms with Crippen molar-refractivity contribution in [1.82, 2.24) is 19.1 Å². The Hall–Kier alpha value is -8.02. The molecule has 2 aliphatic heterocycles. The van der Waals surface area contributed by atoms with Gasteiger partial charge < -0.3 is 0 Å². The molecule has 0 radical (unpaired) electrons. The van der Waals surface area contributed by atoms with Crippen molar-refractivity contribution in [2.45, 2.75) is 10.8 Å². The van der Waals surface area contributed by atoms with Gasteiger partial charge in [0.05, 0.1) is 32.9 Å². The van der Waals surface area contributed by atoms with Crippen molar-refractivity contribution in [3.8, 4) is 33.6 Å². The Balaban J connectivity index is 1.08. The molecule has 5 heteroatoms. The zero-order valence-electron chi connectivity index (χ0n) is 34.1. The molecule has 0 bridgehead atoms. The third-order valence-electron chi connectivity index (χ3n) is 15.0. The van der Waals surface area contributed by atoms with Crippen LogP contribution in [0.4, 0.5) is 0 Å². The highest BCUT2D eigenvalue weighted by Crippen LogP contribution is 2.60. The van der Waals surface area contributed by atoms with Crippen LogP contribution in [-0.2, 0) is 10.8 Å². The topological polar surface area (TPSA) is 35.6 Å². The molecule has 0 atom stereocenters. The summed E-state index contributed by atoms with van der Waals surface area (Å²) in [7, 11) is 0. The van der Waals surface area contributed by atoms with E-state index in [1.165, 1.54) is 106 Å². The van der Waals surface area contributed by atoms with Crippen LogP contribution < -0.4 is 16.4 Å². The van der Waals surface area contributed by atoms with Crippen molar-refractivity contribution in [3.05, 3.63) is 257 Å². The van der Waals surface area contributed by atoms with Gasteiger partial charge in [0.25, 0.3) is 6.71 Å². The van der Waals surface area contributed by atoms with Crippen molar-refractivity contribution in [2.75, 3.05) is 0 Å². The monoisotopic (exact) mass is 798 g/mol. The molecule has 0 saturated carbocycles. The predicted molar refractivity (Wildman–Crippen MR) is 255 cm³/mol. The predicted octanol–water partition coefficient (Wildman–Crippen LogP) is 10.2. The van der Waals surface area contributed by atoms with E-state index in [0.29, 0.717) is 0 Å². The molecule has 4 nitrogen and oxygen atoms in total. The van der Waals surface area contributed by atoms with Crippen molar-refractivity contribution in [3.63, 3.8) is 0 Å². The molecule has 63 heavy (non-hydrogen) atoms. The second kappa shape index (κ2) is 11.9. The molecule has 2 aromatic heterocycles. The molecule has 0 fully saturated rings. The number of hydrogen-bond donors (Lipinski definition) is 0. The molecule has 0 unspecified atom stereocenters. The first kappa shape index (κ1) is 33.7. The van der Waals surface area contributed by atoms with Crippen LogP contribution in [0.1, 0.15) is 44.5 Å². The van der Waals surface area contributed by atoms with Gasteiger partial charge in [-0.15, -0.1) is 0 Å². The van der Waals surface area contributed by atoms with Crippen LogP contribution >= 0.6 is 0 Å². The highest BCUT2D eigenvalue weighted by atomic mass is 15.1. The highest BCUT2D eigenvalue weighted by Gasteiger charge is 2.52. The Labute approximate surface area is 364 Å². The maximum absolute atomic E-state index is 5.51. The van der Waals surface area contributed by atoms with E-state index in [0.717, 1.165) is 11.0 Å². The molecular formula is C58H35BN4. The van der Waals surface area contributed by atoms with Crippen molar-refractivity contribution in [1.29, 1.82) is 0 Å². The molecule has 0 N–H and O–H groups in total. The standard InChI is InChI=1S/C58H35BN4/c1-5-18-36(19-6-1)57(37-20-7-2-8-21-37)44-28-15-13-26-40(44)42-32-46-55-53(50(42)57)60-34-62(55)48-30-17-31-49-52(48)59(46)47-33-43-41-27-14-16-29-45(41)58(38-22-9-3-10-23-38,39-24-11-4-12-25-39)51(43)54-56(47)63(49)35-61-54/h1-35H. The van der Waals surface area contributed by atoms with Crippen LogP contribution in [0.2, 0.25) is 0 Å². The quantitative estimate of drug-likeness (QED) is 0.166. The van der Waals surface area contributed by atoms with Crippen LogP contribution in [0.15, 0.2) is 213 Å². The Bertz CT molecular complexity index is 3420. The number of rotatable bonds is 4. The molecule has 11 aromatic rings. The fourth-order valence-corrected chi connectivity index (χ4v) is 12.8. The van der Waals surface area contributed by atoms with E-state index < -0.39 is 10.8 Å². The lowest BCUT2D eigenvalue weighted by Crippen LogP contribution is -2.59. The van der Waals surface area contributed by atoms with E-state index in [1.807, 2.05) is 0 Å². The first-order chi connectivity index (χ1) is 31.3. The molecule has 4 aliphatic rings. The van der Waals surface area contributed by atoms with Crippen LogP contribution in [0, 0.1) is 0 Å². The van der Waals surface area contributed by atoms with Crippen LogP contribution in [0.5, 0.6) is 0 Å². The van der Waals surface area contributed by atoms with Gasteiger partial charge in [-0.3, -0.25) is 9.13 Å². The molecule has 15 rings (SSSR count). The minimum atomic E-state index is -0.567. The lowest BCUT2D eigenvalue weighted by molar-refractivity contribution is 0.773. The maximum atomic E-state index is 5.51. The van der Waals surface area contributed by atoms with E-state index in [1.54, 1.807) is 0 Å². The van der Waals surface area contributed by atoms with Gasteiger partial charge in [-0.05, 0) is 84.2 Å². The summed E-state index contributed by atoms with van der Waals surface area (Å²) in [4.78, 5) is 11.0. The molecule has 4 heterocycles. The first-order valence-electron chi connectivity index (χ1n) is 21.9. The van der Waals surface area contributed by atoms with Crippen LogP contribution in [0.25, 0.3) is 55.7 Å². The number of aromatic nitrogens is 4. The maximum Gasteiger partial charge on any atom is 0.252 e. The Morgan fingerprint density at radius 3 is 1.13 bits per heavy atom. The number of benzene rings is 9. The third-order valence-corrected chi connectivity index (χ3v) is 15.0. The highest BCUT2D eigenvalue weighted by molar-refractivity contribution is 7.00. The summed E-state index contributed by atoms with van der Waals surface area (Å²) < 4.78 is 4.75. The van der Waals surface area contributed by atoms with Gasteiger partial charge in [-0.25, -0.2) is 9.97 Å². The van der Waals surface area contributed by atoms with Gasteiger partial charge in [-0.1, -0.05) is 188 Å². The zero-order chi connectivity index (χ0) is 41.0. The normalized spacial score (nSPS) is 14.9. The summed E-state index contributed by atoms with van der Waals surface area (Å²) in [5.41, 5.74) is 24.6. The number of nitrogens with zero attached hydrogens (tertiary/aromatic N) is 4. The molecular weight excluding hydrogens is 763 g/mol. The number of imidazole rings is 2. The van der Waals surface area contributed by atoms with Gasteiger partial charge in [0.2, 0.25) is 0 Å². The summed E-state index contributed by atoms with van der Waals surface area (Å²) in [5, 5.41) is 0. The van der Waals surface area contributed by atoms with Gasteiger partial charge in [-0.2, -0.15) is 0 Å². The molecule has 2 aliphatic carbocycles. The van der Waals surface area contributed by atoms with E-state index in [-0.39, 0.29) is 6.71 Å². The molecule has 9 aromatic carbocycles. The summed E-state index contributed by atoms with van der Waals surface area (Å²) in [6.07, 6.45) is 4.16. The Morgan fingerprint density at radius 1 is 0.365 bits per heavy atom. The first-order valence-corrected chi connectivity index (χ1v) is 21.9. The lowest BCUT2D eigenvalue weighted by atomic mass is 9.34. The Morgan fingerprint density at radius 2 is 0.730 bits per heavy atom. The molecule has 290 valence electrons. The van der Waals surface area contributed by atoms with E-state index >= 15 is 0 Å². The molecule has 0 amide bonds. The molecule has 0 spiro atoms. The number of fused-ring (bicyclic) bond motifs is 12. The summed E-state index contributed by atoms with van der Waals surface area (Å²) in [6, 6.07) is 74.3. The van der Waals surface area contributed by atoms with Crippen LogP contribution in [-0.4, -0.2) is 25.8 Å². The summed E-state index contributed by atoms with van der Waals surface area (Å²) in [5.74, 6) is 0. The van der Waals surface area contributed by atoms with E-state index in [4.69, 9.17) is 9.97 Å². The van der Waals surface area contributed by atoms with Crippen LogP contribution in [0.3, 0.4) is 0 Å². The SMILES string of the molecule is c1ccc(C2(c3ccccc3)c3ccccc3-c3cc4c5c(ncn5-c5cccc6c5B4c4cc5c(c7ncn-6c47)C(c4ccccc4)(c4ccccc4)c4ccccc4-5)c32)cc1. The fourth-order valence-electron chi connectivity index (χ4n) is 12.8. The average Bonchev–Trinajstić information content (AvgIpc) is 4.13. The third kappa shape index (κ3) is 3.88. The number of hydrogen-bond acceptors (Lipinski definition) is 2. The summed E-state index contributed by atoms with van der Waals surface area (Å²) in [6.45, 7) is -0.0589. The minimum Gasteiger partial charge on any atom is -0.300 e. The van der Waals surface area contributed by atoms with Crippen molar-refractivity contribution >= 4 is 45.2 Å². The van der Waals surface area contributed by atoms with Gasteiger partial charge in [0.1, 0.15) is 12.7 Å². The lowest BCUT2D eigenvalue weighted by Gasteiger charge is -2.36. The second-order valence-corrected chi connectivity index (χ2v) is 17.6. The summed E-state index contributed by atoms with van der Waals surface area (Å²) >= 11 is 0. The van der Waals surface area contributed by atoms with Crippen molar-refractivity contribution < 1.29 is 0 Å². The van der Waals surface area contributed by atoms with Gasteiger partial charge in [0.15, 0.2) is 0 Å². The fraction of sp³-hybridized carbons (Fsp3) is 0.0345. The smallest absolute Gasteiger partial charge is 0.252 e. The van der Waals surface area contributed by atoms with E-state index in [2.05, 4.69) is 222 Å². The Kier molecular flexibility index (Phi) is 6.35.